The maximum Gasteiger partial charge on any atom is 0.347 e. The molecule has 0 aliphatic rings. The fraction of sp³-hybridized carbons (Fsp3) is 0.344. The molecule has 3 rings (SSSR count). The van der Waals surface area contributed by atoms with E-state index in [0.29, 0.717) is 5.75 Å². The van der Waals surface area contributed by atoms with Gasteiger partial charge in [0, 0.05) is 0 Å². The first-order valence-electron chi connectivity index (χ1n) is 13.4. The highest BCUT2D eigenvalue weighted by molar-refractivity contribution is 5.76. The van der Waals surface area contributed by atoms with Crippen molar-refractivity contribution in [1.29, 1.82) is 0 Å². The van der Waals surface area contributed by atoms with Crippen LogP contribution in [0.4, 0.5) is 0 Å². The van der Waals surface area contributed by atoms with Gasteiger partial charge in [0.25, 0.3) is 0 Å². The van der Waals surface area contributed by atoms with Gasteiger partial charge in [-0.2, -0.15) is 0 Å². The summed E-state index contributed by atoms with van der Waals surface area (Å²) in [6.45, 7) is 4.40. The molecule has 3 unspecified atom stereocenters. The summed E-state index contributed by atoms with van der Waals surface area (Å²) in [4.78, 5) is 37.9. The Hall–Kier alpha value is -4.21. The van der Waals surface area contributed by atoms with Gasteiger partial charge in [-0.3, -0.25) is 0 Å². The average Bonchev–Trinajstić information content (AvgIpc) is 3.00. The summed E-state index contributed by atoms with van der Waals surface area (Å²) in [5.41, 5.74) is 1.81. The lowest BCUT2D eigenvalue weighted by molar-refractivity contribution is -0.177. The van der Waals surface area contributed by atoms with E-state index in [1.807, 2.05) is 66.7 Å². The van der Waals surface area contributed by atoms with Crippen LogP contribution in [0.25, 0.3) is 0 Å². The third-order valence-corrected chi connectivity index (χ3v) is 5.84. The number of hydrogen-bond donors (Lipinski definition) is 0. The molecule has 3 aromatic carbocycles. The van der Waals surface area contributed by atoms with Gasteiger partial charge in [-0.25, -0.2) is 14.4 Å². The second kappa shape index (κ2) is 16.8. The lowest BCUT2D eigenvalue weighted by Crippen LogP contribution is -2.38. The minimum atomic E-state index is -1.08. The molecule has 0 N–H and O–H groups in total. The zero-order valence-corrected chi connectivity index (χ0v) is 23.5. The van der Waals surface area contributed by atoms with Crippen LogP contribution in [0.2, 0.25) is 0 Å². The molecule has 9 nitrogen and oxygen atoms in total. The lowest BCUT2D eigenvalue weighted by Gasteiger charge is -2.22. The Labute approximate surface area is 240 Å². The van der Waals surface area contributed by atoms with Gasteiger partial charge in [0.05, 0.1) is 13.2 Å². The summed E-state index contributed by atoms with van der Waals surface area (Å²) in [6.07, 6.45) is -3.80. The first-order chi connectivity index (χ1) is 19.8. The quantitative estimate of drug-likeness (QED) is 0.181. The van der Waals surface area contributed by atoms with E-state index in [1.54, 1.807) is 38.1 Å². The molecule has 0 fully saturated rings. The van der Waals surface area contributed by atoms with Crippen LogP contribution in [-0.2, 0) is 51.3 Å². The van der Waals surface area contributed by atoms with E-state index in [-0.39, 0.29) is 26.4 Å². The van der Waals surface area contributed by atoms with Gasteiger partial charge in [-0.05, 0) is 44.0 Å². The zero-order valence-electron chi connectivity index (χ0n) is 23.5. The Morgan fingerprint density at radius 3 is 1.41 bits per heavy atom. The predicted octanol–water partition coefficient (Wildman–Crippen LogP) is 4.66. The van der Waals surface area contributed by atoms with E-state index in [1.165, 1.54) is 6.92 Å². The van der Waals surface area contributed by atoms with Crippen LogP contribution in [0.5, 0.6) is 5.75 Å². The van der Waals surface area contributed by atoms with E-state index in [2.05, 4.69) is 0 Å². The number of carbonyl (C=O) groups is 3. The van der Waals surface area contributed by atoms with Gasteiger partial charge in [-0.15, -0.1) is 0 Å². The minimum Gasteiger partial charge on any atom is -0.479 e. The van der Waals surface area contributed by atoms with Crippen LogP contribution >= 0.6 is 0 Å². The molecule has 3 aromatic rings. The van der Waals surface area contributed by atoms with Crippen molar-refractivity contribution in [2.45, 2.75) is 58.4 Å². The Morgan fingerprint density at radius 1 is 0.561 bits per heavy atom. The smallest absolute Gasteiger partial charge is 0.347 e. The maximum atomic E-state index is 12.8. The van der Waals surface area contributed by atoms with Crippen molar-refractivity contribution in [3.63, 3.8) is 0 Å². The first kappa shape index (κ1) is 31.3. The molecule has 0 aliphatic heterocycles. The molecule has 218 valence electrons. The Morgan fingerprint density at radius 2 is 0.976 bits per heavy atom. The standard InChI is InChI=1S/C32H36O9/c1-23(36-19-26-13-7-4-8-14-26)30(33)38-21-29(41-32(35)25(3)40-28-17-11-6-12-18-28)22-39-31(34)24(2)37-20-27-15-9-5-10-16-27/h4-18,23-25,29H,19-22H2,1-3H3. The third kappa shape index (κ3) is 11.4. The summed E-state index contributed by atoms with van der Waals surface area (Å²) >= 11 is 0. The van der Waals surface area contributed by atoms with Crippen LogP contribution < -0.4 is 4.74 Å². The molecule has 3 atom stereocenters. The highest BCUT2D eigenvalue weighted by Gasteiger charge is 2.26. The molecule has 41 heavy (non-hydrogen) atoms. The Kier molecular flexibility index (Phi) is 12.8. The molecule has 0 aliphatic carbocycles. The van der Waals surface area contributed by atoms with Crippen molar-refractivity contribution in [3.05, 3.63) is 102 Å². The number of esters is 3. The fourth-order valence-electron chi connectivity index (χ4n) is 3.44. The van der Waals surface area contributed by atoms with E-state index in [9.17, 15) is 14.4 Å². The highest BCUT2D eigenvalue weighted by atomic mass is 16.6. The number of ether oxygens (including phenoxy) is 6. The molecule has 0 saturated carbocycles. The van der Waals surface area contributed by atoms with Crippen molar-refractivity contribution in [1.82, 2.24) is 0 Å². The first-order valence-corrected chi connectivity index (χ1v) is 13.4. The molecule has 0 aromatic heterocycles. The van der Waals surface area contributed by atoms with Gasteiger partial charge in [-0.1, -0.05) is 78.9 Å². The van der Waals surface area contributed by atoms with Gasteiger partial charge < -0.3 is 28.4 Å². The molecule has 0 spiro atoms. The third-order valence-electron chi connectivity index (χ3n) is 5.84. The summed E-state index contributed by atoms with van der Waals surface area (Å²) in [6, 6.07) is 27.6. The Balaban J connectivity index is 1.53. The molecular weight excluding hydrogens is 528 g/mol. The number of benzene rings is 3. The van der Waals surface area contributed by atoms with Crippen molar-refractivity contribution < 1.29 is 42.8 Å². The number of para-hydroxylation sites is 1. The summed E-state index contributed by atoms with van der Waals surface area (Å²) in [5.74, 6) is -1.53. The van der Waals surface area contributed by atoms with E-state index in [0.717, 1.165) is 11.1 Å². The summed E-state index contributed by atoms with van der Waals surface area (Å²) in [7, 11) is 0. The maximum absolute atomic E-state index is 12.8. The molecule has 0 radical (unpaired) electrons. The molecular formula is C32H36O9. The second-order valence-electron chi connectivity index (χ2n) is 9.27. The van der Waals surface area contributed by atoms with Crippen molar-refractivity contribution in [2.75, 3.05) is 13.2 Å². The van der Waals surface area contributed by atoms with Gasteiger partial charge in [0.15, 0.2) is 24.4 Å². The number of carbonyl (C=O) groups excluding carboxylic acids is 3. The van der Waals surface area contributed by atoms with Crippen molar-refractivity contribution in [2.24, 2.45) is 0 Å². The molecule has 0 heterocycles. The van der Waals surface area contributed by atoms with E-state index < -0.39 is 42.3 Å². The largest absolute Gasteiger partial charge is 0.479 e. The van der Waals surface area contributed by atoms with Gasteiger partial charge >= 0.3 is 17.9 Å². The number of rotatable bonds is 16. The van der Waals surface area contributed by atoms with Crippen LogP contribution in [0.1, 0.15) is 31.9 Å². The average molecular weight is 565 g/mol. The lowest BCUT2D eigenvalue weighted by atomic mass is 10.2. The SMILES string of the molecule is CC(OCc1ccccc1)C(=O)OCC(COC(=O)C(C)OCc1ccccc1)OC(=O)C(C)Oc1ccccc1. The fourth-order valence-corrected chi connectivity index (χ4v) is 3.44. The normalized spacial score (nSPS) is 13.7. The Bertz CT molecular complexity index is 1140. The second-order valence-corrected chi connectivity index (χ2v) is 9.27. The van der Waals surface area contributed by atoms with Crippen LogP contribution in [0, 0.1) is 0 Å². The van der Waals surface area contributed by atoms with Gasteiger partial charge in [0.2, 0.25) is 0 Å². The minimum absolute atomic E-state index is 0.225. The van der Waals surface area contributed by atoms with E-state index in [4.69, 9.17) is 28.4 Å². The predicted molar refractivity (Wildman–Crippen MR) is 150 cm³/mol. The topological polar surface area (TPSA) is 107 Å². The van der Waals surface area contributed by atoms with Crippen LogP contribution in [-0.4, -0.2) is 55.5 Å². The van der Waals surface area contributed by atoms with E-state index >= 15 is 0 Å². The van der Waals surface area contributed by atoms with Crippen LogP contribution in [0.3, 0.4) is 0 Å². The summed E-state index contributed by atoms with van der Waals surface area (Å²) < 4.78 is 33.0. The van der Waals surface area contributed by atoms with Crippen molar-refractivity contribution >= 4 is 17.9 Å². The molecule has 9 heteroatoms. The zero-order chi connectivity index (χ0) is 29.5. The van der Waals surface area contributed by atoms with Crippen molar-refractivity contribution in [3.8, 4) is 5.75 Å². The molecule has 0 bridgehead atoms. The molecule has 0 amide bonds. The molecule has 0 saturated heterocycles. The monoisotopic (exact) mass is 564 g/mol. The van der Waals surface area contributed by atoms with Crippen LogP contribution in [0.15, 0.2) is 91.0 Å². The number of hydrogen-bond acceptors (Lipinski definition) is 9. The van der Waals surface area contributed by atoms with Gasteiger partial charge in [0.1, 0.15) is 19.0 Å². The summed E-state index contributed by atoms with van der Waals surface area (Å²) in [5, 5.41) is 0. The highest BCUT2D eigenvalue weighted by Crippen LogP contribution is 2.13.